The predicted octanol–water partition coefficient (Wildman–Crippen LogP) is 5.73. The molecule has 4 aromatic rings. The highest BCUT2D eigenvalue weighted by Gasteiger charge is 2.36. The molecule has 1 N–H and O–H groups in total. The van der Waals surface area contributed by atoms with Crippen LogP contribution in [0, 0.1) is 0 Å². The number of nitrogens with one attached hydrogen (secondary N) is 1. The smallest absolute Gasteiger partial charge is 0.265 e. The second-order valence-corrected chi connectivity index (χ2v) is 13.8. The number of hydrogen-bond donors (Lipinski definition) is 1. The maximum Gasteiger partial charge on any atom is 0.265 e. The number of carbonyl (C=O) groups excluding carboxylic acids is 2. The van der Waals surface area contributed by atoms with Crippen LogP contribution in [-0.4, -0.2) is 72.2 Å². The number of carbonyl (C=O) groups is 2. The number of methoxy groups -OCH3 is 4. The summed E-state index contributed by atoms with van der Waals surface area (Å²) in [5, 5.41) is 3.32. The fraction of sp³-hybridized carbons (Fsp3) is 0.297. The Kier molecular flexibility index (Phi) is 13.0. The molecule has 50 heavy (non-hydrogen) atoms. The van der Waals surface area contributed by atoms with E-state index >= 15 is 0 Å². The van der Waals surface area contributed by atoms with Gasteiger partial charge in [0.15, 0.2) is 11.5 Å². The molecule has 0 aliphatic rings. The summed E-state index contributed by atoms with van der Waals surface area (Å²) in [6.45, 7) is 2.85. The van der Waals surface area contributed by atoms with Gasteiger partial charge in [-0.05, 0) is 55.3 Å². The van der Waals surface area contributed by atoms with E-state index in [1.165, 1.54) is 57.6 Å². The van der Waals surface area contributed by atoms with E-state index in [-0.39, 0.29) is 41.1 Å². The van der Waals surface area contributed by atoms with Crippen molar-refractivity contribution >= 4 is 39.1 Å². The molecule has 0 aliphatic heterocycles. The first-order chi connectivity index (χ1) is 23.9. The van der Waals surface area contributed by atoms with Gasteiger partial charge in [0.25, 0.3) is 10.0 Å². The first-order valence-electron chi connectivity index (χ1n) is 15.8. The zero-order valence-corrected chi connectivity index (χ0v) is 30.5. The van der Waals surface area contributed by atoms with Gasteiger partial charge in [0.05, 0.1) is 39.0 Å². The highest BCUT2D eigenvalue weighted by molar-refractivity contribution is 7.92. The third-order valence-electron chi connectivity index (χ3n) is 7.88. The number of hydrogen-bond acceptors (Lipinski definition) is 8. The predicted molar refractivity (Wildman–Crippen MR) is 193 cm³/mol. The molecule has 1 unspecified atom stereocenters. The number of halogens is 1. The topological polar surface area (TPSA) is 124 Å². The number of amides is 2. The van der Waals surface area contributed by atoms with Gasteiger partial charge in [-0.2, -0.15) is 0 Å². The number of sulfonamides is 1. The SMILES string of the molecule is COc1ccc(OC)c(N(CC(=O)N(Cc2ccccc2Cl)C(Cc2ccccc2)C(=O)NC(C)C)S(=O)(=O)c2ccc(OC)c(OC)c2)c1. The normalized spacial score (nSPS) is 11.8. The van der Waals surface area contributed by atoms with Crippen LogP contribution in [0.2, 0.25) is 5.02 Å². The van der Waals surface area contributed by atoms with E-state index in [2.05, 4.69) is 5.32 Å². The summed E-state index contributed by atoms with van der Waals surface area (Å²) < 4.78 is 52.0. The molecule has 0 spiro atoms. The Bertz CT molecular complexity index is 1890. The van der Waals surface area contributed by atoms with Gasteiger partial charge in [0.2, 0.25) is 11.8 Å². The van der Waals surface area contributed by atoms with Crippen molar-refractivity contribution in [1.29, 1.82) is 0 Å². The molecule has 0 bridgehead atoms. The standard InChI is InChI=1S/C37H42ClN3O8S/c1-25(2)39-37(43)32(20-26-12-8-7-9-13-26)40(23-27-14-10-11-15-30(27)38)36(42)24-41(31-21-28(46-3)16-18-33(31)47-4)50(44,45)29-17-19-34(48-5)35(22-29)49-6/h7-19,21-22,25,32H,20,23-24H2,1-6H3,(H,39,43). The minimum atomic E-state index is -4.51. The maximum atomic E-state index is 14.8. The Balaban J connectivity index is 1.91. The highest BCUT2D eigenvalue weighted by Crippen LogP contribution is 2.38. The summed E-state index contributed by atoms with van der Waals surface area (Å²) in [7, 11) is 1.15. The monoisotopic (exact) mass is 723 g/mol. The Morgan fingerprint density at radius 3 is 2.04 bits per heavy atom. The van der Waals surface area contributed by atoms with Crippen LogP contribution in [0.4, 0.5) is 5.69 Å². The van der Waals surface area contributed by atoms with Crippen LogP contribution in [0.5, 0.6) is 23.0 Å². The molecule has 2 amide bonds. The summed E-state index contributed by atoms with van der Waals surface area (Å²) >= 11 is 6.58. The zero-order chi connectivity index (χ0) is 36.4. The number of ether oxygens (including phenoxy) is 4. The zero-order valence-electron chi connectivity index (χ0n) is 28.9. The van der Waals surface area contributed by atoms with Gasteiger partial charge in [-0.1, -0.05) is 60.1 Å². The van der Waals surface area contributed by atoms with Crippen molar-refractivity contribution in [3.63, 3.8) is 0 Å². The van der Waals surface area contributed by atoms with Crippen LogP contribution in [0.25, 0.3) is 0 Å². The summed E-state index contributed by atoms with van der Waals surface area (Å²) in [6.07, 6.45) is 0.153. The number of rotatable bonds is 16. The summed E-state index contributed by atoms with van der Waals surface area (Å²) in [5.74, 6) is -0.0909. The van der Waals surface area contributed by atoms with Crippen molar-refractivity contribution in [2.24, 2.45) is 0 Å². The fourth-order valence-electron chi connectivity index (χ4n) is 5.35. The molecule has 0 radical (unpaired) electrons. The van der Waals surface area contributed by atoms with Crippen molar-refractivity contribution in [3.8, 4) is 23.0 Å². The molecule has 11 nitrogen and oxygen atoms in total. The van der Waals surface area contributed by atoms with Gasteiger partial charge in [0.1, 0.15) is 24.1 Å². The second-order valence-electron chi connectivity index (χ2n) is 11.5. The average molecular weight is 724 g/mol. The van der Waals surface area contributed by atoms with Crippen LogP contribution in [0.15, 0.2) is 95.9 Å². The fourth-order valence-corrected chi connectivity index (χ4v) is 6.98. The number of benzene rings is 4. The first kappa shape index (κ1) is 37.9. The second kappa shape index (κ2) is 17.1. The molecule has 4 rings (SSSR count). The van der Waals surface area contributed by atoms with Gasteiger partial charge in [0, 0.05) is 36.2 Å². The van der Waals surface area contributed by atoms with Crippen LogP contribution < -0.4 is 28.6 Å². The van der Waals surface area contributed by atoms with Crippen molar-refractivity contribution in [1.82, 2.24) is 10.2 Å². The number of nitrogens with zero attached hydrogens (tertiary/aromatic N) is 2. The summed E-state index contributed by atoms with van der Waals surface area (Å²) in [5.41, 5.74) is 1.42. The van der Waals surface area contributed by atoms with Crippen molar-refractivity contribution < 1.29 is 37.0 Å². The molecule has 0 heterocycles. The van der Waals surface area contributed by atoms with E-state index in [1.54, 1.807) is 36.4 Å². The molecule has 266 valence electrons. The van der Waals surface area contributed by atoms with E-state index < -0.39 is 34.4 Å². The van der Waals surface area contributed by atoms with E-state index in [0.29, 0.717) is 22.1 Å². The van der Waals surface area contributed by atoms with E-state index in [1.807, 2.05) is 44.2 Å². The Hall–Kier alpha value is -4.94. The van der Waals surface area contributed by atoms with Crippen molar-refractivity contribution in [2.75, 3.05) is 39.3 Å². The van der Waals surface area contributed by atoms with Crippen LogP contribution in [0.1, 0.15) is 25.0 Å². The minimum absolute atomic E-state index is 0.0407. The van der Waals surface area contributed by atoms with Gasteiger partial charge < -0.3 is 29.2 Å². The van der Waals surface area contributed by atoms with Gasteiger partial charge >= 0.3 is 0 Å². The molecule has 1 atom stereocenters. The lowest BCUT2D eigenvalue weighted by molar-refractivity contribution is -0.140. The van der Waals surface area contributed by atoms with Crippen LogP contribution in [0.3, 0.4) is 0 Å². The summed E-state index contributed by atoms with van der Waals surface area (Å²) in [6, 6.07) is 23.7. The van der Waals surface area contributed by atoms with Gasteiger partial charge in [-0.3, -0.25) is 13.9 Å². The van der Waals surface area contributed by atoms with E-state index in [0.717, 1.165) is 9.87 Å². The quantitative estimate of drug-likeness (QED) is 0.156. The largest absolute Gasteiger partial charge is 0.497 e. The molecule has 0 fully saturated rings. The summed E-state index contributed by atoms with van der Waals surface area (Å²) in [4.78, 5) is 29.9. The third-order valence-corrected chi connectivity index (χ3v) is 10.0. The van der Waals surface area contributed by atoms with Gasteiger partial charge in [-0.15, -0.1) is 0 Å². The molecule has 4 aromatic carbocycles. The van der Waals surface area contributed by atoms with Crippen molar-refractivity contribution in [2.45, 2.75) is 43.8 Å². The molecular formula is C37H42ClN3O8S. The Morgan fingerprint density at radius 2 is 1.42 bits per heavy atom. The van der Waals surface area contributed by atoms with E-state index in [4.69, 9.17) is 30.5 Å². The number of anilines is 1. The van der Waals surface area contributed by atoms with E-state index in [9.17, 15) is 18.0 Å². The van der Waals surface area contributed by atoms with Gasteiger partial charge in [-0.25, -0.2) is 8.42 Å². The Morgan fingerprint density at radius 1 is 0.780 bits per heavy atom. The van der Waals surface area contributed by atoms with Crippen molar-refractivity contribution in [3.05, 3.63) is 107 Å². The third kappa shape index (κ3) is 8.99. The minimum Gasteiger partial charge on any atom is -0.497 e. The average Bonchev–Trinajstić information content (AvgIpc) is 3.12. The molecule has 0 saturated heterocycles. The first-order valence-corrected chi connectivity index (χ1v) is 17.6. The molecule has 0 aliphatic carbocycles. The van der Waals surface area contributed by atoms with Crippen LogP contribution >= 0.6 is 11.6 Å². The molecular weight excluding hydrogens is 682 g/mol. The Labute approximate surface area is 298 Å². The lowest BCUT2D eigenvalue weighted by Gasteiger charge is -2.34. The molecule has 0 saturated carbocycles. The maximum absolute atomic E-state index is 14.8. The lowest BCUT2D eigenvalue weighted by atomic mass is 10.0. The molecule has 0 aromatic heterocycles. The highest BCUT2D eigenvalue weighted by atomic mass is 35.5. The molecule has 13 heteroatoms. The van der Waals surface area contributed by atoms with Crippen LogP contribution in [-0.2, 0) is 32.6 Å². The lowest BCUT2D eigenvalue weighted by Crippen LogP contribution is -2.54.